The molecule has 1 aliphatic carbocycles. The minimum Gasteiger partial charge on any atom is -0.398 e. The van der Waals surface area contributed by atoms with Crippen LogP contribution >= 0.6 is 0 Å². The summed E-state index contributed by atoms with van der Waals surface area (Å²) < 4.78 is 1.96. The Morgan fingerprint density at radius 1 is 1.33 bits per heavy atom. The number of rotatable bonds is 2. The first-order chi connectivity index (χ1) is 8.62. The number of nitrogens with zero attached hydrogens (tertiary/aromatic N) is 4. The fourth-order valence-corrected chi connectivity index (χ4v) is 2.51. The molecule has 5 heteroatoms. The lowest BCUT2D eigenvalue weighted by molar-refractivity contribution is 0.148. The van der Waals surface area contributed by atoms with Crippen LogP contribution in [0.4, 0.5) is 5.69 Å². The molecule has 1 aliphatic rings. The first-order valence-electron chi connectivity index (χ1n) is 6.26. The zero-order chi connectivity index (χ0) is 12.8. The molecule has 94 valence electrons. The predicted octanol–water partition coefficient (Wildman–Crippen LogP) is 2.13. The third kappa shape index (κ3) is 1.50. The van der Waals surface area contributed by atoms with Gasteiger partial charge in [0.2, 0.25) is 0 Å². The maximum absolute atomic E-state index is 5.95. The number of hydrogen-bond donors (Lipinski definition) is 1. The molecular formula is C13H17N5. The highest BCUT2D eigenvalue weighted by Gasteiger charge is 2.37. The highest BCUT2D eigenvalue weighted by Crippen LogP contribution is 2.40. The summed E-state index contributed by atoms with van der Waals surface area (Å²) in [6.07, 6.45) is 3.50. The van der Waals surface area contributed by atoms with Crippen molar-refractivity contribution in [1.29, 1.82) is 0 Å². The summed E-state index contributed by atoms with van der Waals surface area (Å²) in [6.45, 7) is 4.21. The number of nitrogen functional groups attached to an aromatic ring is 1. The van der Waals surface area contributed by atoms with Gasteiger partial charge in [-0.15, -0.1) is 5.10 Å². The molecule has 0 amide bonds. The minimum absolute atomic E-state index is 0.0654. The third-order valence-corrected chi connectivity index (χ3v) is 4.03. The Kier molecular flexibility index (Phi) is 2.36. The van der Waals surface area contributed by atoms with E-state index in [0.29, 0.717) is 0 Å². The normalized spacial score (nSPS) is 17.4. The number of tetrazole rings is 1. The monoisotopic (exact) mass is 243 g/mol. The summed E-state index contributed by atoms with van der Waals surface area (Å²) in [5, 5.41) is 12.2. The molecule has 1 aromatic carbocycles. The molecule has 0 atom stereocenters. The Morgan fingerprint density at radius 2 is 2.11 bits per heavy atom. The average molecular weight is 243 g/mol. The second-order valence-electron chi connectivity index (χ2n) is 5.28. The number of nitrogens with two attached hydrogens (primary N) is 1. The van der Waals surface area contributed by atoms with Gasteiger partial charge in [0.15, 0.2) is 5.82 Å². The Bertz CT molecular complexity index is 583. The molecule has 1 fully saturated rings. The van der Waals surface area contributed by atoms with E-state index in [-0.39, 0.29) is 5.54 Å². The van der Waals surface area contributed by atoms with Crippen molar-refractivity contribution in [1.82, 2.24) is 20.2 Å². The second-order valence-corrected chi connectivity index (χ2v) is 5.28. The lowest BCUT2D eigenvalue weighted by Crippen LogP contribution is -2.38. The molecule has 2 aromatic rings. The zero-order valence-electron chi connectivity index (χ0n) is 10.7. The fraction of sp³-hybridized carbons (Fsp3) is 0.462. The van der Waals surface area contributed by atoms with Gasteiger partial charge in [0.1, 0.15) is 0 Å². The van der Waals surface area contributed by atoms with E-state index in [1.807, 2.05) is 29.8 Å². The quantitative estimate of drug-likeness (QED) is 0.820. The molecular weight excluding hydrogens is 226 g/mol. The summed E-state index contributed by atoms with van der Waals surface area (Å²) in [7, 11) is 0. The van der Waals surface area contributed by atoms with Crippen molar-refractivity contribution < 1.29 is 0 Å². The lowest BCUT2D eigenvalue weighted by Gasteiger charge is -2.38. The SMILES string of the molecule is Cc1c(N)cccc1-c1nnnn1C1(C)CCC1. The van der Waals surface area contributed by atoms with Crippen molar-refractivity contribution in [2.24, 2.45) is 0 Å². The fourth-order valence-electron chi connectivity index (χ4n) is 2.51. The van der Waals surface area contributed by atoms with E-state index in [4.69, 9.17) is 5.73 Å². The van der Waals surface area contributed by atoms with Crippen molar-refractivity contribution in [3.8, 4) is 11.4 Å². The predicted molar refractivity (Wildman–Crippen MR) is 69.9 cm³/mol. The summed E-state index contributed by atoms with van der Waals surface area (Å²) in [4.78, 5) is 0. The number of aromatic nitrogens is 4. The van der Waals surface area contributed by atoms with Gasteiger partial charge >= 0.3 is 0 Å². The Hall–Kier alpha value is -1.91. The summed E-state index contributed by atoms with van der Waals surface area (Å²) >= 11 is 0. The van der Waals surface area contributed by atoms with Crippen LogP contribution in [0.3, 0.4) is 0 Å². The van der Waals surface area contributed by atoms with E-state index < -0.39 is 0 Å². The molecule has 18 heavy (non-hydrogen) atoms. The largest absolute Gasteiger partial charge is 0.398 e. The van der Waals surface area contributed by atoms with Crippen LogP contribution in [0, 0.1) is 6.92 Å². The van der Waals surface area contributed by atoms with Crippen LogP contribution in [0.25, 0.3) is 11.4 Å². The molecule has 0 aliphatic heterocycles. The number of benzene rings is 1. The molecule has 1 heterocycles. The van der Waals surface area contributed by atoms with Gasteiger partial charge < -0.3 is 5.73 Å². The van der Waals surface area contributed by atoms with E-state index in [9.17, 15) is 0 Å². The van der Waals surface area contributed by atoms with Gasteiger partial charge in [-0.3, -0.25) is 0 Å². The molecule has 1 saturated carbocycles. The first-order valence-corrected chi connectivity index (χ1v) is 6.26. The van der Waals surface area contributed by atoms with E-state index in [1.54, 1.807) is 0 Å². The standard InChI is InChI=1S/C13H17N5/c1-9-10(5-3-6-11(9)14)12-15-16-17-18(12)13(2)7-4-8-13/h3,5-6H,4,7-8,14H2,1-2H3. The van der Waals surface area contributed by atoms with E-state index in [1.165, 1.54) is 6.42 Å². The van der Waals surface area contributed by atoms with Crippen LogP contribution in [-0.2, 0) is 5.54 Å². The van der Waals surface area contributed by atoms with Crippen molar-refractivity contribution in [3.05, 3.63) is 23.8 Å². The smallest absolute Gasteiger partial charge is 0.182 e. The van der Waals surface area contributed by atoms with Crippen molar-refractivity contribution >= 4 is 5.69 Å². The van der Waals surface area contributed by atoms with Crippen LogP contribution in [0.15, 0.2) is 18.2 Å². The Morgan fingerprint density at radius 3 is 2.78 bits per heavy atom. The molecule has 1 aromatic heterocycles. The van der Waals surface area contributed by atoms with Crippen molar-refractivity contribution in [2.45, 2.75) is 38.6 Å². The highest BCUT2D eigenvalue weighted by atomic mass is 15.6. The van der Waals surface area contributed by atoms with Crippen LogP contribution in [0.5, 0.6) is 0 Å². The summed E-state index contributed by atoms with van der Waals surface area (Å²) in [5.41, 5.74) is 8.86. The molecule has 2 N–H and O–H groups in total. The average Bonchev–Trinajstić information content (AvgIpc) is 2.79. The zero-order valence-corrected chi connectivity index (χ0v) is 10.7. The maximum atomic E-state index is 5.95. The lowest BCUT2D eigenvalue weighted by atomic mass is 9.78. The van der Waals surface area contributed by atoms with Gasteiger partial charge in [0.05, 0.1) is 5.54 Å². The number of anilines is 1. The molecule has 0 spiro atoms. The van der Waals surface area contributed by atoms with Gasteiger partial charge in [-0.2, -0.15) is 0 Å². The van der Waals surface area contributed by atoms with Gasteiger partial charge in [-0.1, -0.05) is 12.1 Å². The van der Waals surface area contributed by atoms with Gasteiger partial charge in [-0.05, 0) is 55.2 Å². The molecule has 0 bridgehead atoms. The molecule has 0 saturated heterocycles. The maximum Gasteiger partial charge on any atom is 0.182 e. The van der Waals surface area contributed by atoms with Crippen LogP contribution in [-0.4, -0.2) is 20.2 Å². The second kappa shape index (κ2) is 3.80. The van der Waals surface area contributed by atoms with Crippen LogP contribution < -0.4 is 5.73 Å². The van der Waals surface area contributed by atoms with E-state index >= 15 is 0 Å². The molecule has 0 unspecified atom stereocenters. The van der Waals surface area contributed by atoms with Crippen LogP contribution in [0.1, 0.15) is 31.7 Å². The van der Waals surface area contributed by atoms with E-state index in [2.05, 4.69) is 22.4 Å². The van der Waals surface area contributed by atoms with Crippen molar-refractivity contribution in [3.63, 3.8) is 0 Å². The Balaban J connectivity index is 2.13. The first kappa shape index (κ1) is 11.2. The summed E-state index contributed by atoms with van der Waals surface area (Å²) in [5.74, 6) is 0.821. The minimum atomic E-state index is 0.0654. The van der Waals surface area contributed by atoms with Gasteiger partial charge in [-0.25, -0.2) is 4.68 Å². The molecule has 3 rings (SSSR count). The molecule has 0 radical (unpaired) electrons. The Labute approximate surface area is 106 Å². The van der Waals surface area contributed by atoms with Crippen LogP contribution in [0.2, 0.25) is 0 Å². The topological polar surface area (TPSA) is 69.6 Å². The van der Waals surface area contributed by atoms with Gasteiger partial charge in [0, 0.05) is 11.3 Å². The van der Waals surface area contributed by atoms with Gasteiger partial charge in [0.25, 0.3) is 0 Å². The number of hydrogen-bond acceptors (Lipinski definition) is 4. The van der Waals surface area contributed by atoms with Crippen molar-refractivity contribution in [2.75, 3.05) is 5.73 Å². The van der Waals surface area contributed by atoms with E-state index in [0.717, 1.165) is 35.5 Å². The third-order valence-electron chi connectivity index (χ3n) is 4.03. The highest BCUT2D eigenvalue weighted by molar-refractivity contribution is 5.67. The summed E-state index contributed by atoms with van der Waals surface area (Å²) in [6, 6.07) is 5.87. The molecule has 5 nitrogen and oxygen atoms in total.